The van der Waals surface area contributed by atoms with Gasteiger partial charge in [-0.25, -0.2) is 0 Å². The molecule has 5 nitrogen and oxygen atoms in total. The molecule has 2 aromatic carbocycles. The van der Waals surface area contributed by atoms with E-state index < -0.39 is 11.7 Å². The molecule has 0 aliphatic carbocycles. The van der Waals surface area contributed by atoms with Crippen LogP contribution < -0.4 is 5.73 Å². The number of hydrogen-bond donors (Lipinski definition) is 2. The van der Waals surface area contributed by atoms with Crippen molar-refractivity contribution < 1.29 is 9.59 Å². The molecule has 0 aliphatic heterocycles. The van der Waals surface area contributed by atoms with E-state index in [1.807, 2.05) is 36.4 Å². The van der Waals surface area contributed by atoms with Crippen molar-refractivity contribution in [2.24, 2.45) is 0 Å². The van der Waals surface area contributed by atoms with Gasteiger partial charge in [0.25, 0.3) is 11.7 Å². The molecule has 0 bridgehead atoms. The van der Waals surface area contributed by atoms with Crippen LogP contribution in [-0.2, 0) is 4.79 Å². The molecule has 5 heteroatoms. The van der Waals surface area contributed by atoms with Crippen LogP contribution in [0.4, 0.5) is 5.69 Å². The maximum absolute atomic E-state index is 13.7. The molecule has 0 atom stereocenters. The molecule has 0 fully saturated rings. The van der Waals surface area contributed by atoms with Crippen molar-refractivity contribution in [3.05, 3.63) is 54.1 Å². The van der Waals surface area contributed by atoms with Gasteiger partial charge < -0.3 is 15.6 Å². The fourth-order valence-corrected chi connectivity index (χ4v) is 4.29. The summed E-state index contributed by atoms with van der Waals surface area (Å²) in [5.41, 5.74) is 9.38. The standard InChI is InChI=1S/C28H37N3O2/c1-3-5-7-12-18-31(19-13-8-6-4-2)28(33)27(32)25-23-20-22(29)16-17-24(23)30-26(25)21-14-10-9-11-15-21/h9-11,14-17,20,30H,3-8,12-13,18-19,29H2,1-2H3. The van der Waals surface area contributed by atoms with Crippen molar-refractivity contribution in [1.29, 1.82) is 0 Å². The van der Waals surface area contributed by atoms with Crippen molar-refractivity contribution >= 4 is 28.3 Å². The van der Waals surface area contributed by atoms with E-state index in [1.165, 1.54) is 0 Å². The molecule has 3 aromatic rings. The molecule has 3 rings (SSSR count). The maximum atomic E-state index is 13.7. The summed E-state index contributed by atoms with van der Waals surface area (Å²) in [7, 11) is 0. The summed E-state index contributed by atoms with van der Waals surface area (Å²) in [4.78, 5) is 32.3. The molecule has 0 unspecified atom stereocenters. The first-order valence-corrected chi connectivity index (χ1v) is 12.4. The fraction of sp³-hybridized carbons (Fsp3) is 0.429. The number of fused-ring (bicyclic) bond motifs is 1. The van der Waals surface area contributed by atoms with Crippen LogP contribution in [0.2, 0.25) is 0 Å². The van der Waals surface area contributed by atoms with Gasteiger partial charge in [-0.15, -0.1) is 0 Å². The largest absolute Gasteiger partial charge is 0.399 e. The number of ketones is 1. The first-order chi connectivity index (χ1) is 16.1. The number of aromatic nitrogens is 1. The molecular weight excluding hydrogens is 410 g/mol. The maximum Gasteiger partial charge on any atom is 0.295 e. The van der Waals surface area contributed by atoms with Crippen molar-refractivity contribution in [1.82, 2.24) is 9.88 Å². The number of nitrogen functional groups attached to an aromatic ring is 1. The average Bonchev–Trinajstić information content (AvgIpc) is 3.21. The van der Waals surface area contributed by atoms with E-state index in [0.717, 1.165) is 62.4 Å². The highest BCUT2D eigenvalue weighted by molar-refractivity contribution is 6.46. The van der Waals surface area contributed by atoms with E-state index in [-0.39, 0.29) is 0 Å². The zero-order valence-corrected chi connectivity index (χ0v) is 20.0. The van der Waals surface area contributed by atoms with E-state index in [0.29, 0.717) is 35.4 Å². The van der Waals surface area contributed by atoms with Gasteiger partial charge in [0.05, 0.1) is 11.3 Å². The van der Waals surface area contributed by atoms with Gasteiger partial charge in [0.15, 0.2) is 0 Å². The Kier molecular flexibility index (Phi) is 9.11. The van der Waals surface area contributed by atoms with E-state index in [4.69, 9.17) is 5.73 Å². The number of Topliss-reactive ketones (excluding diaryl/α,β-unsaturated/α-hetero) is 1. The molecule has 3 N–H and O–H groups in total. The van der Waals surface area contributed by atoms with Crippen molar-refractivity contribution in [2.75, 3.05) is 18.8 Å². The molecule has 0 saturated carbocycles. The molecule has 1 heterocycles. The van der Waals surface area contributed by atoms with E-state index in [9.17, 15) is 9.59 Å². The summed E-state index contributed by atoms with van der Waals surface area (Å²) in [5.74, 6) is -0.875. The minimum Gasteiger partial charge on any atom is -0.399 e. The number of carbonyl (C=O) groups is 2. The lowest BCUT2D eigenvalue weighted by atomic mass is 10.0. The second kappa shape index (κ2) is 12.2. The number of amides is 1. The lowest BCUT2D eigenvalue weighted by molar-refractivity contribution is -0.126. The quantitative estimate of drug-likeness (QED) is 0.134. The number of rotatable bonds is 13. The van der Waals surface area contributed by atoms with Crippen molar-refractivity contribution in [2.45, 2.75) is 65.2 Å². The number of nitrogens with one attached hydrogen (secondary N) is 1. The molecule has 1 aromatic heterocycles. The number of benzene rings is 2. The summed E-state index contributed by atoms with van der Waals surface area (Å²) >= 11 is 0. The highest BCUT2D eigenvalue weighted by atomic mass is 16.2. The lowest BCUT2D eigenvalue weighted by Gasteiger charge is -2.22. The smallest absolute Gasteiger partial charge is 0.295 e. The number of unbranched alkanes of at least 4 members (excludes halogenated alkanes) is 6. The minimum absolute atomic E-state index is 0.413. The number of aromatic amines is 1. The van der Waals surface area contributed by atoms with Crippen molar-refractivity contribution in [3.8, 4) is 11.3 Å². The van der Waals surface area contributed by atoms with Crippen LogP contribution in [0, 0.1) is 0 Å². The third kappa shape index (κ3) is 6.25. The monoisotopic (exact) mass is 447 g/mol. The Morgan fingerprint density at radius 1 is 0.848 bits per heavy atom. The Balaban J connectivity index is 1.93. The van der Waals surface area contributed by atoms with Crippen LogP contribution in [0.5, 0.6) is 0 Å². The summed E-state index contributed by atoms with van der Waals surface area (Å²) < 4.78 is 0. The SMILES string of the molecule is CCCCCCN(CCCCCC)C(=O)C(=O)c1c(-c2ccccc2)[nH]c2ccc(N)cc12. The Morgan fingerprint density at radius 2 is 1.48 bits per heavy atom. The van der Waals surface area contributed by atoms with Gasteiger partial charge in [0, 0.05) is 29.7 Å². The molecule has 0 aliphatic rings. The summed E-state index contributed by atoms with van der Waals surface area (Å²) in [5, 5.41) is 0.698. The predicted octanol–water partition coefficient (Wildman–Crippen LogP) is 6.59. The average molecular weight is 448 g/mol. The second-order valence-electron chi connectivity index (χ2n) is 8.79. The molecule has 0 radical (unpaired) electrons. The Bertz CT molecular complexity index is 1040. The molecule has 176 valence electrons. The zero-order chi connectivity index (χ0) is 23.6. The van der Waals surface area contributed by atoms with Gasteiger partial charge in [-0.2, -0.15) is 0 Å². The highest BCUT2D eigenvalue weighted by Crippen LogP contribution is 2.32. The van der Waals surface area contributed by atoms with Crippen LogP contribution >= 0.6 is 0 Å². The molecule has 33 heavy (non-hydrogen) atoms. The number of hydrogen-bond acceptors (Lipinski definition) is 3. The van der Waals surface area contributed by atoms with Gasteiger partial charge in [0.1, 0.15) is 0 Å². The predicted molar refractivity (Wildman–Crippen MR) is 137 cm³/mol. The number of carbonyl (C=O) groups excluding carboxylic acids is 2. The van der Waals surface area contributed by atoms with Gasteiger partial charge in [-0.3, -0.25) is 9.59 Å². The topological polar surface area (TPSA) is 79.2 Å². The minimum atomic E-state index is -0.461. The molecule has 0 saturated heterocycles. The second-order valence-corrected chi connectivity index (χ2v) is 8.79. The number of nitrogens with two attached hydrogens (primary N) is 1. The number of anilines is 1. The van der Waals surface area contributed by atoms with Crippen LogP contribution in [0.3, 0.4) is 0 Å². The lowest BCUT2D eigenvalue weighted by Crippen LogP contribution is -2.38. The van der Waals surface area contributed by atoms with Crippen LogP contribution in [0.25, 0.3) is 22.2 Å². The summed E-state index contributed by atoms with van der Waals surface area (Å²) in [6.07, 6.45) is 8.56. The van der Waals surface area contributed by atoms with Gasteiger partial charge in [-0.1, -0.05) is 82.7 Å². The van der Waals surface area contributed by atoms with Crippen LogP contribution in [0.15, 0.2) is 48.5 Å². The van der Waals surface area contributed by atoms with Crippen molar-refractivity contribution in [3.63, 3.8) is 0 Å². The highest BCUT2D eigenvalue weighted by Gasteiger charge is 2.28. The normalized spacial score (nSPS) is 11.1. The molecule has 0 spiro atoms. The number of nitrogens with zero attached hydrogens (tertiary/aromatic N) is 1. The first-order valence-electron chi connectivity index (χ1n) is 12.4. The molecular formula is C28H37N3O2. The zero-order valence-electron chi connectivity index (χ0n) is 20.0. The van der Waals surface area contributed by atoms with E-state index in [1.54, 1.807) is 17.0 Å². The van der Waals surface area contributed by atoms with E-state index >= 15 is 0 Å². The van der Waals surface area contributed by atoms with Gasteiger partial charge in [-0.05, 0) is 36.6 Å². The van der Waals surface area contributed by atoms with Gasteiger partial charge in [0.2, 0.25) is 0 Å². The summed E-state index contributed by atoms with van der Waals surface area (Å²) in [6, 6.07) is 15.1. The van der Waals surface area contributed by atoms with Gasteiger partial charge >= 0.3 is 0 Å². The Morgan fingerprint density at radius 3 is 2.09 bits per heavy atom. The van der Waals surface area contributed by atoms with Crippen LogP contribution in [0.1, 0.15) is 75.6 Å². The first kappa shape index (κ1) is 24.6. The number of H-pyrrole nitrogens is 1. The summed E-state index contributed by atoms with van der Waals surface area (Å²) in [6.45, 7) is 5.60. The Labute approximate surface area is 197 Å². The third-order valence-electron chi connectivity index (χ3n) is 6.16. The van der Waals surface area contributed by atoms with Crippen LogP contribution in [-0.4, -0.2) is 34.7 Å². The van der Waals surface area contributed by atoms with E-state index in [2.05, 4.69) is 18.8 Å². The fourth-order valence-electron chi connectivity index (χ4n) is 4.29. The Hall–Kier alpha value is -3.08. The molecule has 1 amide bonds. The third-order valence-corrected chi connectivity index (χ3v) is 6.16.